The molecule has 0 saturated heterocycles. The van der Waals surface area contributed by atoms with Gasteiger partial charge in [-0.3, -0.25) is 9.10 Å². The molecule has 0 aliphatic rings. The number of fused-ring (bicyclic) bond motifs is 1. The van der Waals surface area contributed by atoms with E-state index in [9.17, 15) is 13.2 Å². The van der Waals surface area contributed by atoms with Gasteiger partial charge in [0.2, 0.25) is 5.13 Å². The number of hydrazone groups is 1. The molecule has 0 unspecified atom stereocenters. The summed E-state index contributed by atoms with van der Waals surface area (Å²) in [4.78, 5) is 18.4. The molecule has 5 rings (SSSR count). The number of para-hydroxylation sites is 1. The van der Waals surface area contributed by atoms with Crippen LogP contribution < -0.4 is 9.31 Å². The molecule has 1 amide bonds. The van der Waals surface area contributed by atoms with Crippen LogP contribution in [0.3, 0.4) is 0 Å². The Kier molecular flexibility index (Phi) is 7.04. The van der Waals surface area contributed by atoms with Gasteiger partial charge in [0.05, 0.1) is 27.0 Å². The van der Waals surface area contributed by atoms with E-state index in [0.717, 1.165) is 21.3 Å². The summed E-state index contributed by atoms with van der Waals surface area (Å²) in [6.07, 6.45) is 1.60. The molecule has 0 bridgehead atoms. The van der Waals surface area contributed by atoms with Crippen molar-refractivity contribution in [1.29, 1.82) is 0 Å². The van der Waals surface area contributed by atoms with Gasteiger partial charge in [0.15, 0.2) is 0 Å². The molecular formula is C29H24N4O3S2. The molecule has 38 heavy (non-hydrogen) atoms. The molecule has 9 heteroatoms. The van der Waals surface area contributed by atoms with E-state index in [0.29, 0.717) is 10.8 Å². The van der Waals surface area contributed by atoms with Crippen LogP contribution in [-0.2, 0) is 10.0 Å². The van der Waals surface area contributed by atoms with E-state index in [2.05, 4.69) is 10.1 Å². The SMILES string of the molecule is Cc1ccc2nc(N(/N=C/c3ccccc3)C(=O)c3ccc(S(=O)(=O)N(C)c4ccccc4)cc3)sc2c1. The van der Waals surface area contributed by atoms with Gasteiger partial charge in [0.1, 0.15) is 0 Å². The molecule has 0 N–H and O–H groups in total. The average Bonchev–Trinajstić information content (AvgIpc) is 3.36. The van der Waals surface area contributed by atoms with Crippen molar-refractivity contribution in [3.05, 3.63) is 120 Å². The highest BCUT2D eigenvalue weighted by Crippen LogP contribution is 2.31. The number of amides is 1. The fourth-order valence-corrected chi connectivity index (χ4v) is 6.00. The van der Waals surface area contributed by atoms with E-state index < -0.39 is 15.9 Å². The topological polar surface area (TPSA) is 82.9 Å². The number of thiazole rings is 1. The van der Waals surface area contributed by atoms with Crippen molar-refractivity contribution in [2.75, 3.05) is 16.4 Å². The minimum absolute atomic E-state index is 0.0789. The highest BCUT2D eigenvalue weighted by molar-refractivity contribution is 7.92. The van der Waals surface area contributed by atoms with Gasteiger partial charge in [-0.25, -0.2) is 13.4 Å². The van der Waals surface area contributed by atoms with Crippen LogP contribution in [0.2, 0.25) is 0 Å². The lowest BCUT2D eigenvalue weighted by molar-refractivity contribution is 0.0987. The van der Waals surface area contributed by atoms with Crippen molar-refractivity contribution in [2.24, 2.45) is 5.10 Å². The predicted octanol–water partition coefficient (Wildman–Crippen LogP) is 6.11. The Bertz CT molecular complexity index is 1720. The van der Waals surface area contributed by atoms with E-state index in [4.69, 9.17) is 0 Å². The Labute approximate surface area is 225 Å². The van der Waals surface area contributed by atoms with E-state index in [-0.39, 0.29) is 10.5 Å². The van der Waals surface area contributed by atoms with Gasteiger partial charge in [-0.1, -0.05) is 65.9 Å². The third-order valence-electron chi connectivity index (χ3n) is 5.91. The van der Waals surface area contributed by atoms with Crippen LogP contribution >= 0.6 is 11.3 Å². The zero-order chi connectivity index (χ0) is 26.7. The summed E-state index contributed by atoms with van der Waals surface area (Å²) in [5.41, 5.74) is 3.52. The summed E-state index contributed by atoms with van der Waals surface area (Å²) in [5, 5.41) is 6.15. The number of hydrogen-bond donors (Lipinski definition) is 0. The van der Waals surface area contributed by atoms with Crippen LogP contribution in [0.1, 0.15) is 21.5 Å². The lowest BCUT2D eigenvalue weighted by Gasteiger charge is -2.19. The summed E-state index contributed by atoms with van der Waals surface area (Å²) in [5.74, 6) is -0.423. The first kappa shape index (κ1) is 25.3. The molecule has 0 aliphatic carbocycles. The molecule has 0 fully saturated rings. The number of hydrogen-bond acceptors (Lipinski definition) is 6. The monoisotopic (exact) mass is 540 g/mol. The molecular weight excluding hydrogens is 516 g/mol. The van der Waals surface area contributed by atoms with Gasteiger partial charge in [-0.2, -0.15) is 10.1 Å². The summed E-state index contributed by atoms with van der Waals surface area (Å²) in [7, 11) is -2.31. The van der Waals surface area contributed by atoms with Gasteiger partial charge in [0, 0.05) is 12.6 Å². The van der Waals surface area contributed by atoms with Gasteiger partial charge in [-0.15, -0.1) is 0 Å². The number of anilines is 2. The van der Waals surface area contributed by atoms with Crippen molar-refractivity contribution >= 4 is 54.5 Å². The summed E-state index contributed by atoms with van der Waals surface area (Å²) in [6.45, 7) is 2.00. The summed E-state index contributed by atoms with van der Waals surface area (Å²) < 4.78 is 28.5. The highest BCUT2D eigenvalue weighted by Gasteiger charge is 2.24. The molecule has 0 spiro atoms. The fraction of sp³-hybridized carbons (Fsp3) is 0.0690. The Morgan fingerprint density at radius 3 is 2.24 bits per heavy atom. The maximum atomic E-state index is 13.6. The number of carbonyl (C=O) groups is 1. The van der Waals surface area contributed by atoms with Crippen LogP contribution in [0.25, 0.3) is 10.2 Å². The lowest BCUT2D eigenvalue weighted by Crippen LogP contribution is -2.27. The van der Waals surface area contributed by atoms with Crippen molar-refractivity contribution in [3.8, 4) is 0 Å². The second-order valence-corrected chi connectivity index (χ2v) is 11.6. The second-order valence-electron chi connectivity index (χ2n) is 8.57. The predicted molar refractivity (Wildman–Crippen MR) is 154 cm³/mol. The second kappa shape index (κ2) is 10.6. The molecule has 0 aliphatic heterocycles. The standard InChI is InChI=1S/C29H24N4O3S2/c1-21-13-18-26-27(19-21)37-29(31-26)33(30-20-22-9-5-3-6-10-22)28(34)23-14-16-25(17-15-23)38(35,36)32(2)24-11-7-4-8-12-24/h3-20H,1-2H3/b30-20+. The molecule has 1 heterocycles. The molecule has 0 atom stereocenters. The largest absolute Gasteiger partial charge is 0.280 e. The maximum Gasteiger partial charge on any atom is 0.280 e. The van der Waals surface area contributed by atoms with Gasteiger partial charge >= 0.3 is 0 Å². The average molecular weight is 541 g/mol. The van der Waals surface area contributed by atoms with Crippen LogP contribution in [0.4, 0.5) is 10.8 Å². The molecule has 190 valence electrons. The van der Waals surface area contributed by atoms with Crippen molar-refractivity contribution in [2.45, 2.75) is 11.8 Å². The normalized spacial score (nSPS) is 11.6. The zero-order valence-electron chi connectivity index (χ0n) is 20.7. The van der Waals surface area contributed by atoms with E-state index >= 15 is 0 Å². The first-order valence-electron chi connectivity index (χ1n) is 11.8. The molecule has 5 aromatic rings. The Hall–Kier alpha value is -4.34. The maximum absolute atomic E-state index is 13.6. The van der Waals surface area contributed by atoms with Gasteiger partial charge < -0.3 is 0 Å². The first-order chi connectivity index (χ1) is 18.3. The third kappa shape index (κ3) is 5.20. The molecule has 7 nitrogen and oxygen atoms in total. The Morgan fingerprint density at radius 1 is 0.895 bits per heavy atom. The lowest BCUT2D eigenvalue weighted by atomic mass is 10.2. The zero-order valence-corrected chi connectivity index (χ0v) is 22.4. The van der Waals surface area contributed by atoms with E-state index in [1.807, 2.05) is 61.5 Å². The number of aryl methyl sites for hydroxylation is 1. The minimum Gasteiger partial charge on any atom is -0.269 e. The van der Waals surface area contributed by atoms with Gasteiger partial charge in [0.25, 0.3) is 15.9 Å². The molecule has 0 radical (unpaired) electrons. The van der Waals surface area contributed by atoms with Crippen LogP contribution in [0, 0.1) is 6.92 Å². The van der Waals surface area contributed by atoms with E-state index in [1.165, 1.54) is 52.0 Å². The fourth-order valence-electron chi connectivity index (χ4n) is 3.79. The number of aromatic nitrogens is 1. The Balaban J connectivity index is 1.48. The quantitative estimate of drug-likeness (QED) is 0.184. The first-order valence-corrected chi connectivity index (χ1v) is 14.0. The van der Waals surface area contributed by atoms with Crippen molar-refractivity contribution in [3.63, 3.8) is 0 Å². The summed E-state index contributed by atoms with van der Waals surface area (Å²) >= 11 is 1.36. The van der Waals surface area contributed by atoms with Crippen LogP contribution in [0.15, 0.2) is 113 Å². The smallest absolute Gasteiger partial charge is 0.269 e. The number of sulfonamides is 1. The molecule has 0 saturated carbocycles. The van der Waals surface area contributed by atoms with Crippen LogP contribution in [0.5, 0.6) is 0 Å². The Morgan fingerprint density at radius 2 is 1.55 bits per heavy atom. The number of rotatable bonds is 7. The van der Waals surface area contributed by atoms with Crippen molar-refractivity contribution in [1.82, 2.24) is 4.98 Å². The van der Waals surface area contributed by atoms with Crippen LogP contribution in [-0.4, -0.2) is 32.6 Å². The minimum atomic E-state index is -3.81. The summed E-state index contributed by atoms with van der Waals surface area (Å²) in [6, 6.07) is 30.0. The number of nitrogens with zero attached hydrogens (tertiary/aromatic N) is 4. The van der Waals surface area contributed by atoms with E-state index in [1.54, 1.807) is 30.5 Å². The highest BCUT2D eigenvalue weighted by atomic mass is 32.2. The van der Waals surface area contributed by atoms with Crippen molar-refractivity contribution < 1.29 is 13.2 Å². The number of carbonyl (C=O) groups excluding carboxylic acids is 1. The third-order valence-corrected chi connectivity index (χ3v) is 8.70. The molecule has 4 aromatic carbocycles. The van der Waals surface area contributed by atoms with Gasteiger partial charge in [-0.05, 0) is 66.6 Å². The molecule has 1 aromatic heterocycles. The number of benzene rings is 4.